The molecule has 0 spiro atoms. The van der Waals surface area contributed by atoms with E-state index in [4.69, 9.17) is 0 Å². The van der Waals surface area contributed by atoms with Gasteiger partial charge in [0.15, 0.2) is 0 Å². The lowest BCUT2D eigenvalue weighted by Crippen LogP contribution is -1.82. The quantitative estimate of drug-likeness (QED) is 0.649. The molecule has 0 unspecified atom stereocenters. The van der Waals surface area contributed by atoms with Crippen LogP contribution in [0.25, 0.3) is 17.0 Å². The third-order valence-electron chi connectivity index (χ3n) is 2.69. The second-order valence-electron chi connectivity index (χ2n) is 4.42. The van der Waals surface area contributed by atoms with E-state index >= 15 is 0 Å². The number of terminal acetylenes is 1. The molecule has 0 saturated heterocycles. The Hall–Kier alpha value is -1.94. The molecular formula is C18H25N. The van der Waals surface area contributed by atoms with E-state index < -0.39 is 0 Å². The molecule has 0 aliphatic carbocycles. The standard InChI is InChI=1S/C14H17N.C2H6.C2H2/c1-9(2)7-12-5-6-14-13(11(12)4)8-10(3)15-14;2*1-2/h5-8,15H,1-4H3;1-2H3;1-2H. The Morgan fingerprint density at radius 1 is 1.11 bits per heavy atom. The van der Waals surface area contributed by atoms with E-state index in [0.717, 1.165) is 0 Å². The first-order valence-electron chi connectivity index (χ1n) is 6.65. The van der Waals surface area contributed by atoms with Crippen LogP contribution >= 0.6 is 0 Å². The predicted octanol–water partition coefficient (Wildman–Crippen LogP) is 5.48. The van der Waals surface area contributed by atoms with Crippen LogP contribution in [0.1, 0.15) is 44.5 Å². The van der Waals surface area contributed by atoms with Crippen LogP contribution in [-0.4, -0.2) is 4.98 Å². The van der Waals surface area contributed by atoms with Crippen molar-refractivity contribution in [1.82, 2.24) is 4.98 Å². The maximum absolute atomic E-state index is 4.00. The molecule has 2 aromatic rings. The Morgan fingerprint density at radius 3 is 2.21 bits per heavy atom. The normalized spacial score (nSPS) is 8.84. The molecule has 1 heteroatoms. The summed E-state index contributed by atoms with van der Waals surface area (Å²) < 4.78 is 0. The second-order valence-corrected chi connectivity index (χ2v) is 4.42. The number of nitrogens with one attached hydrogen (secondary N) is 1. The molecule has 0 bridgehead atoms. The highest BCUT2D eigenvalue weighted by Crippen LogP contribution is 2.24. The summed E-state index contributed by atoms with van der Waals surface area (Å²) in [7, 11) is 0. The number of aromatic amines is 1. The van der Waals surface area contributed by atoms with Crippen LogP contribution in [0.3, 0.4) is 0 Å². The molecule has 0 atom stereocenters. The van der Waals surface area contributed by atoms with Crippen molar-refractivity contribution in [3.05, 3.63) is 40.6 Å². The lowest BCUT2D eigenvalue weighted by atomic mass is 10.0. The highest BCUT2D eigenvalue weighted by molar-refractivity contribution is 5.87. The smallest absolute Gasteiger partial charge is 0.0459 e. The van der Waals surface area contributed by atoms with Gasteiger partial charge in [0.1, 0.15) is 0 Å². The third kappa shape index (κ3) is 4.34. The van der Waals surface area contributed by atoms with Crippen molar-refractivity contribution in [2.75, 3.05) is 0 Å². The zero-order valence-electron chi connectivity index (χ0n) is 13.0. The van der Waals surface area contributed by atoms with Gasteiger partial charge >= 0.3 is 0 Å². The van der Waals surface area contributed by atoms with Crippen molar-refractivity contribution in [2.45, 2.75) is 41.5 Å². The van der Waals surface area contributed by atoms with E-state index in [0.29, 0.717) is 0 Å². The van der Waals surface area contributed by atoms with Crippen LogP contribution in [0.2, 0.25) is 0 Å². The van der Waals surface area contributed by atoms with Gasteiger partial charge in [-0.15, -0.1) is 12.8 Å². The minimum Gasteiger partial charge on any atom is -0.359 e. The number of hydrogen-bond acceptors (Lipinski definition) is 0. The molecule has 0 radical (unpaired) electrons. The van der Waals surface area contributed by atoms with Crippen LogP contribution in [0.5, 0.6) is 0 Å². The fourth-order valence-corrected chi connectivity index (χ4v) is 1.97. The molecule has 19 heavy (non-hydrogen) atoms. The van der Waals surface area contributed by atoms with Crippen LogP contribution in [0.4, 0.5) is 0 Å². The molecule has 0 fully saturated rings. The van der Waals surface area contributed by atoms with E-state index in [1.165, 1.54) is 33.3 Å². The molecule has 0 saturated carbocycles. The molecule has 1 nitrogen and oxygen atoms in total. The number of hydrogen-bond donors (Lipinski definition) is 1. The Bertz CT molecular complexity index is 564. The van der Waals surface area contributed by atoms with Crippen LogP contribution < -0.4 is 0 Å². The van der Waals surface area contributed by atoms with E-state index in [1.54, 1.807) is 0 Å². The average Bonchev–Trinajstić information content (AvgIpc) is 2.79. The maximum atomic E-state index is 4.00. The number of benzene rings is 1. The van der Waals surface area contributed by atoms with Gasteiger partial charge in [0.2, 0.25) is 0 Å². The summed E-state index contributed by atoms with van der Waals surface area (Å²) in [6, 6.07) is 6.55. The van der Waals surface area contributed by atoms with Gasteiger partial charge < -0.3 is 4.98 Å². The van der Waals surface area contributed by atoms with E-state index in [1.807, 2.05) is 13.8 Å². The Balaban J connectivity index is 0.000000741. The highest BCUT2D eigenvalue weighted by atomic mass is 14.7. The number of allylic oxidation sites excluding steroid dienone is 1. The van der Waals surface area contributed by atoms with Crippen molar-refractivity contribution in [3.8, 4) is 12.8 Å². The van der Waals surface area contributed by atoms with Gasteiger partial charge in [0.05, 0.1) is 0 Å². The fraction of sp³-hybridized carbons (Fsp3) is 0.333. The second kappa shape index (κ2) is 8.21. The Labute approximate surface area is 117 Å². The average molecular weight is 255 g/mol. The molecular weight excluding hydrogens is 230 g/mol. The summed E-state index contributed by atoms with van der Waals surface area (Å²) in [6.07, 6.45) is 10.2. The SMILES string of the molecule is C#C.CC.CC(C)=Cc1ccc2[nH]c(C)cc2c1C. The molecule has 0 aliphatic rings. The van der Waals surface area contributed by atoms with Crippen LogP contribution in [0.15, 0.2) is 23.8 Å². The molecule has 1 N–H and O–H groups in total. The van der Waals surface area contributed by atoms with Crippen molar-refractivity contribution >= 4 is 17.0 Å². The molecule has 1 heterocycles. The molecule has 1 aromatic carbocycles. The zero-order valence-corrected chi connectivity index (χ0v) is 13.0. The van der Waals surface area contributed by atoms with Crippen molar-refractivity contribution in [2.24, 2.45) is 0 Å². The van der Waals surface area contributed by atoms with Gasteiger partial charge in [-0.2, -0.15) is 0 Å². The summed E-state index contributed by atoms with van der Waals surface area (Å²) in [5.74, 6) is 0. The fourth-order valence-electron chi connectivity index (χ4n) is 1.97. The topological polar surface area (TPSA) is 15.8 Å². The predicted molar refractivity (Wildman–Crippen MR) is 88.3 cm³/mol. The highest BCUT2D eigenvalue weighted by Gasteiger charge is 2.03. The first kappa shape index (κ1) is 17.1. The minimum absolute atomic E-state index is 1.22. The van der Waals surface area contributed by atoms with Crippen LogP contribution in [0, 0.1) is 26.7 Å². The maximum Gasteiger partial charge on any atom is 0.0459 e. The zero-order chi connectivity index (χ0) is 15.0. The third-order valence-corrected chi connectivity index (χ3v) is 2.69. The first-order chi connectivity index (χ1) is 9.08. The van der Waals surface area contributed by atoms with E-state index in [-0.39, 0.29) is 0 Å². The van der Waals surface area contributed by atoms with Crippen molar-refractivity contribution in [1.29, 1.82) is 0 Å². The van der Waals surface area contributed by atoms with Gasteiger partial charge in [-0.05, 0) is 51.0 Å². The summed E-state index contributed by atoms with van der Waals surface area (Å²) in [5, 5.41) is 1.34. The number of H-pyrrole nitrogens is 1. The number of rotatable bonds is 1. The molecule has 2 rings (SSSR count). The summed E-state index contributed by atoms with van der Waals surface area (Å²) >= 11 is 0. The molecule has 0 aliphatic heterocycles. The lowest BCUT2D eigenvalue weighted by molar-refractivity contribution is 1.30. The van der Waals surface area contributed by atoms with E-state index in [9.17, 15) is 0 Å². The van der Waals surface area contributed by atoms with Crippen molar-refractivity contribution in [3.63, 3.8) is 0 Å². The summed E-state index contributed by atoms with van der Waals surface area (Å²) in [5.41, 5.74) is 6.47. The number of aromatic nitrogens is 1. The van der Waals surface area contributed by atoms with Gasteiger partial charge in [-0.25, -0.2) is 0 Å². The Kier molecular flexibility index (Phi) is 7.37. The van der Waals surface area contributed by atoms with Crippen molar-refractivity contribution < 1.29 is 0 Å². The number of fused-ring (bicyclic) bond motifs is 1. The first-order valence-corrected chi connectivity index (χ1v) is 6.65. The van der Waals surface area contributed by atoms with Gasteiger partial charge in [0, 0.05) is 16.6 Å². The van der Waals surface area contributed by atoms with Gasteiger partial charge in [0.25, 0.3) is 0 Å². The minimum atomic E-state index is 1.22. The van der Waals surface area contributed by atoms with Crippen LogP contribution in [-0.2, 0) is 0 Å². The largest absolute Gasteiger partial charge is 0.359 e. The monoisotopic (exact) mass is 255 g/mol. The van der Waals surface area contributed by atoms with Gasteiger partial charge in [-0.1, -0.05) is 31.6 Å². The van der Waals surface area contributed by atoms with E-state index in [2.05, 4.69) is 69.8 Å². The molecule has 0 amide bonds. The summed E-state index contributed by atoms with van der Waals surface area (Å²) in [6.45, 7) is 12.5. The molecule has 102 valence electrons. The number of aryl methyl sites for hydroxylation is 2. The lowest BCUT2D eigenvalue weighted by Gasteiger charge is -2.02. The Morgan fingerprint density at radius 2 is 1.68 bits per heavy atom. The van der Waals surface area contributed by atoms with Gasteiger partial charge in [-0.3, -0.25) is 0 Å². The molecule has 1 aromatic heterocycles. The summed E-state index contributed by atoms with van der Waals surface area (Å²) in [4.78, 5) is 3.36.